The predicted molar refractivity (Wildman–Crippen MR) is 77.2 cm³/mol. The Kier molecular flexibility index (Phi) is 3.66. The molecule has 2 atom stereocenters. The smallest absolute Gasteiger partial charge is 0.0760 e. The summed E-state index contributed by atoms with van der Waals surface area (Å²) in [5, 5.41) is 10.4. The van der Waals surface area contributed by atoms with E-state index in [0.29, 0.717) is 5.92 Å². The summed E-state index contributed by atoms with van der Waals surface area (Å²) in [4.78, 5) is 1.52. The van der Waals surface area contributed by atoms with Gasteiger partial charge in [-0.3, -0.25) is 0 Å². The Labute approximate surface area is 117 Å². The third kappa shape index (κ3) is 2.32. The molecule has 0 spiro atoms. The highest BCUT2D eigenvalue weighted by Crippen LogP contribution is 2.41. The van der Waals surface area contributed by atoms with Gasteiger partial charge in [0, 0.05) is 17.3 Å². The van der Waals surface area contributed by atoms with E-state index in [1.807, 2.05) is 22.2 Å². The van der Waals surface area contributed by atoms with Crippen molar-refractivity contribution in [3.8, 4) is 0 Å². The molecule has 19 heavy (non-hydrogen) atoms. The summed E-state index contributed by atoms with van der Waals surface area (Å²) in [6.07, 6.45) is 6.50. The van der Waals surface area contributed by atoms with E-state index in [-0.39, 0.29) is 6.04 Å². The lowest BCUT2D eigenvalue weighted by atomic mass is 9.82. The second-order valence-electron chi connectivity index (χ2n) is 5.21. The van der Waals surface area contributed by atoms with Crippen molar-refractivity contribution in [3.63, 3.8) is 0 Å². The lowest BCUT2D eigenvalue weighted by molar-refractivity contribution is 0.441. The molecule has 2 N–H and O–H groups in total. The molecule has 4 nitrogen and oxygen atoms in total. The zero-order valence-corrected chi connectivity index (χ0v) is 12.1. The second-order valence-corrected chi connectivity index (χ2v) is 6.21. The van der Waals surface area contributed by atoms with Gasteiger partial charge in [0.05, 0.1) is 17.9 Å². The van der Waals surface area contributed by atoms with Crippen LogP contribution in [0.1, 0.15) is 54.3 Å². The molecular weight excluding hydrogens is 256 g/mol. The Morgan fingerprint density at radius 1 is 1.58 bits per heavy atom. The first-order chi connectivity index (χ1) is 9.31. The first kappa shape index (κ1) is 12.8. The Morgan fingerprint density at radius 2 is 2.47 bits per heavy atom. The molecule has 3 rings (SSSR count). The van der Waals surface area contributed by atoms with Crippen molar-refractivity contribution in [2.75, 3.05) is 0 Å². The molecule has 2 unspecified atom stereocenters. The predicted octanol–water partition coefficient (Wildman–Crippen LogP) is 2.87. The molecule has 5 heteroatoms. The van der Waals surface area contributed by atoms with Gasteiger partial charge >= 0.3 is 0 Å². The number of nitrogens with zero attached hydrogens (tertiary/aromatic N) is 3. The first-order valence-electron chi connectivity index (χ1n) is 7.01. The van der Waals surface area contributed by atoms with Gasteiger partial charge in [0.1, 0.15) is 0 Å². The van der Waals surface area contributed by atoms with Gasteiger partial charge in [-0.15, -0.1) is 16.4 Å². The van der Waals surface area contributed by atoms with E-state index < -0.39 is 0 Å². The largest absolute Gasteiger partial charge is 0.322 e. The molecule has 1 aliphatic carbocycles. The van der Waals surface area contributed by atoms with Gasteiger partial charge in [0.15, 0.2) is 0 Å². The average Bonchev–Trinajstić information content (AvgIpc) is 3.06. The highest BCUT2D eigenvalue weighted by molar-refractivity contribution is 7.10. The van der Waals surface area contributed by atoms with Crippen LogP contribution in [0, 0.1) is 0 Å². The quantitative estimate of drug-likeness (QED) is 0.934. The van der Waals surface area contributed by atoms with Crippen LogP contribution >= 0.6 is 11.3 Å². The SMILES string of the molecule is CCCn1nncc1C(N)C1CCCc2sccc21. The van der Waals surface area contributed by atoms with E-state index in [2.05, 4.69) is 28.7 Å². The monoisotopic (exact) mass is 276 g/mol. The first-order valence-corrected chi connectivity index (χ1v) is 7.89. The molecule has 0 fully saturated rings. The summed E-state index contributed by atoms with van der Waals surface area (Å²) in [5.74, 6) is 0.420. The van der Waals surface area contributed by atoms with Crippen LogP contribution in [-0.2, 0) is 13.0 Å². The Balaban J connectivity index is 1.89. The molecular formula is C14H20N4S. The van der Waals surface area contributed by atoms with Crippen LogP contribution in [0.5, 0.6) is 0 Å². The lowest BCUT2D eigenvalue weighted by Gasteiger charge is -2.28. The molecule has 0 saturated carbocycles. The summed E-state index contributed by atoms with van der Waals surface area (Å²) < 4.78 is 1.96. The van der Waals surface area contributed by atoms with E-state index in [1.165, 1.54) is 29.7 Å². The number of aryl methyl sites for hydroxylation is 2. The lowest BCUT2D eigenvalue weighted by Crippen LogP contribution is -2.25. The van der Waals surface area contributed by atoms with Crippen LogP contribution in [0.15, 0.2) is 17.6 Å². The minimum Gasteiger partial charge on any atom is -0.322 e. The molecule has 102 valence electrons. The minimum absolute atomic E-state index is 0.00944. The van der Waals surface area contributed by atoms with Crippen LogP contribution in [0.2, 0.25) is 0 Å². The number of aromatic nitrogens is 3. The fraction of sp³-hybridized carbons (Fsp3) is 0.571. The van der Waals surface area contributed by atoms with Gasteiger partial charge in [-0.25, -0.2) is 4.68 Å². The standard InChI is InChI=1S/C14H20N4S/c1-2-7-18-12(9-16-17-18)14(15)11-4-3-5-13-10(11)6-8-19-13/h6,8-9,11,14H,2-5,7,15H2,1H3. The summed E-state index contributed by atoms with van der Waals surface area (Å²) >= 11 is 1.86. The molecule has 0 aliphatic heterocycles. The van der Waals surface area contributed by atoms with Crippen molar-refractivity contribution in [3.05, 3.63) is 33.8 Å². The Morgan fingerprint density at radius 3 is 3.32 bits per heavy atom. The summed E-state index contributed by atoms with van der Waals surface area (Å²) in [6.45, 7) is 3.04. The van der Waals surface area contributed by atoms with Crippen molar-refractivity contribution < 1.29 is 0 Å². The van der Waals surface area contributed by atoms with Gasteiger partial charge in [-0.1, -0.05) is 12.1 Å². The molecule has 2 aromatic heterocycles. The molecule has 0 radical (unpaired) electrons. The average molecular weight is 276 g/mol. The van der Waals surface area contributed by atoms with Crippen LogP contribution in [0.4, 0.5) is 0 Å². The fourth-order valence-electron chi connectivity index (χ4n) is 3.01. The van der Waals surface area contributed by atoms with Gasteiger partial charge < -0.3 is 5.73 Å². The van der Waals surface area contributed by atoms with Gasteiger partial charge in [-0.05, 0) is 42.7 Å². The summed E-state index contributed by atoms with van der Waals surface area (Å²) in [5.41, 5.74) is 9.05. The topological polar surface area (TPSA) is 56.7 Å². The molecule has 1 aliphatic rings. The molecule has 2 heterocycles. The highest BCUT2D eigenvalue weighted by atomic mass is 32.1. The maximum Gasteiger partial charge on any atom is 0.0760 e. The Hall–Kier alpha value is -1.20. The fourth-order valence-corrected chi connectivity index (χ4v) is 4.01. The molecule has 2 aromatic rings. The van der Waals surface area contributed by atoms with Crippen LogP contribution < -0.4 is 5.73 Å². The van der Waals surface area contributed by atoms with Crippen LogP contribution in [0.3, 0.4) is 0 Å². The number of rotatable bonds is 4. The normalized spacial score (nSPS) is 20.2. The minimum atomic E-state index is 0.00944. The number of hydrogen-bond donors (Lipinski definition) is 1. The number of nitrogens with two attached hydrogens (primary N) is 1. The van der Waals surface area contributed by atoms with Gasteiger partial charge in [-0.2, -0.15) is 0 Å². The van der Waals surface area contributed by atoms with Crippen molar-refractivity contribution in [1.29, 1.82) is 0 Å². The van der Waals surface area contributed by atoms with E-state index in [0.717, 1.165) is 18.7 Å². The molecule has 0 amide bonds. The van der Waals surface area contributed by atoms with E-state index in [1.54, 1.807) is 0 Å². The Bertz CT molecular complexity index is 545. The van der Waals surface area contributed by atoms with Crippen molar-refractivity contribution >= 4 is 11.3 Å². The third-order valence-electron chi connectivity index (χ3n) is 3.96. The van der Waals surface area contributed by atoms with E-state index in [4.69, 9.17) is 5.73 Å². The van der Waals surface area contributed by atoms with Crippen LogP contribution in [-0.4, -0.2) is 15.0 Å². The molecule has 0 aromatic carbocycles. The highest BCUT2D eigenvalue weighted by Gasteiger charge is 2.29. The third-order valence-corrected chi connectivity index (χ3v) is 4.95. The van der Waals surface area contributed by atoms with Gasteiger partial charge in [0.25, 0.3) is 0 Å². The van der Waals surface area contributed by atoms with Crippen LogP contribution in [0.25, 0.3) is 0 Å². The van der Waals surface area contributed by atoms with Crippen molar-refractivity contribution in [2.24, 2.45) is 5.73 Å². The summed E-state index contributed by atoms with van der Waals surface area (Å²) in [6, 6.07) is 2.26. The van der Waals surface area contributed by atoms with E-state index >= 15 is 0 Å². The number of fused-ring (bicyclic) bond motifs is 1. The maximum atomic E-state index is 6.52. The maximum absolute atomic E-state index is 6.52. The van der Waals surface area contributed by atoms with Crippen molar-refractivity contribution in [2.45, 2.75) is 51.1 Å². The van der Waals surface area contributed by atoms with E-state index in [9.17, 15) is 0 Å². The molecule has 0 saturated heterocycles. The zero-order chi connectivity index (χ0) is 13.2. The van der Waals surface area contributed by atoms with Crippen molar-refractivity contribution in [1.82, 2.24) is 15.0 Å². The number of thiophene rings is 1. The summed E-state index contributed by atoms with van der Waals surface area (Å²) in [7, 11) is 0. The zero-order valence-electron chi connectivity index (χ0n) is 11.2. The molecule has 0 bridgehead atoms. The van der Waals surface area contributed by atoms with Gasteiger partial charge in [0.2, 0.25) is 0 Å². The number of hydrogen-bond acceptors (Lipinski definition) is 4. The second kappa shape index (κ2) is 5.43.